The monoisotopic (exact) mass is 560 g/mol. The fourth-order valence-electron chi connectivity index (χ4n) is 6.03. The third kappa shape index (κ3) is 4.95. The van der Waals surface area contributed by atoms with E-state index in [-0.39, 0.29) is 41.2 Å². The molecule has 4 aliphatic rings. The number of benzene rings is 1. The number of anilines is 1. The van der Waals surface area contributed by atoms with E-state index in [9.17, 15) is 14.4 Å². The van der Waals surface area contributed by atoms with Gasteiger partial charge in [0.25, 0.3) is 5.91 Å². The van der Waals surface area contributed by atoms with Crippen molar-refractivity contribution in [1.29, 1.82) is 0 Å². The maximum absolute atomic E-state index is 13.6. The van der Waals surface area contributed by atoms with Gasteiger partial charge in [0, 0.05) is 36.8 Å². The summed E-state index contributed by atoms with van der Waals surface area (Å²) in [7, 11) is 0. The second-order valence-corrected chi connectivity index (χ2v) is 11.5. The van der Waals surface area contributed by atoms with E-state index in [0.29, 0.717) is 41.0 Å². The minimum atomic E-state index is -0.272. The van der Waals surface area contributed by atoms with Gasteiger partial charge < -0.3 is 25.6 Å². The Kier molecular flexibility index (Phi) is 7.24. The Hall–Kier alpha value is -3.83. The van der Waals surface area contributed by atoms with E-state index in [1.165, 1.54) is 17.8 Å². The van der Waals surface area contributed by atoms with Gasteiger partial charge >= 0.3 is 6.03 Å². The van der Waals surface area contributed by atoms with Gasteiger partial charge in [0.1, 0.15) is 5.75 Å². The second kappa shape index (κ2) is 11.0. The Morgan fingerprint density at radius 3 is 2.80 bits per heavy atom. The molecule has 208 valence electrons. The normalized spacial score (nSPS) is 25.7. The molecule has 3 unspecified atom stereocenters. The van der Waals surface area contributed by atoms with Gasteiger partial charge in [-0.1, -0.05) is 36.5 Å². The Balaban J connectivity index is 1.22. The number of carbonyl (C=O) groups excluding carboxylic acids is 3. The average Bonchev–Trinajstić information content (AvgIpc) is 3.33. The number of amides is 4. The van der Waals surface area contributed by atoms with Crippen LogP contribution < -0.4 is 25.6 Å². The molecule has 40 heavy (non-hydrogen) atoms. The highest BCUT2D eigenvalue weighted by molar-refractivity contribution is 8.04. The molecule has 0 bridgehead atoms. The van der Waals surface area contributed by atoms with Crippen molar-refractivity contribution in [2.24, 2.45) is 5.92 Å². The van der Waals surface area contributed by atoms with Crippen molar-refractivity contribution in [3.8, 4) is 11.6 Å². The van der Waals surface area contributed by atoms with Crippen LogP contribution in [0.3, 0.4) is 0 Å². The zero-order chi connectivity index (χ0) is 27.8. The first kappa shape index (κ1) is 26.4. The molecule has 0 spiro atoms. The van der Waals surface area contributed by atoms with Gasteiger partial charge in [-0.15, -0.1) is 0 Å². The zero-order valence-corrected chi connectivity index (χ0v) is 23.1. The number of para-hydroxylation sites is 1. The second-order valence-electron chi connectivity index (χ2n) is 10.4. The molecular weight excluding hydrogens is 528 g/mol. The fourth-order valence-corrected chi connectivity index (χ4v) is 7.43. The highest BCUT2D eigenvalue weighted by Gasteiger charge is 2.52. The van der Waals surface area contributed by atoms with Crippen LogP contribution in [-0.2, 0) is 9.59 Å². The number of nitrogens with zero attached hydrogens (tertiary/aromatic N) is 3. The third-order valence-corrected chi connectivity index (χ3v) is 9.20. The Bertz CT molecular complexity index is 1380. The van der Waals surface area contributed by atoms with Crippen LogP contribution in [0.4, 0.5) is 10.5 Å². The highest BCUT2D eigenvalue weighted by atomic mass is 32.2. The van der Waals surface area contributed by atoms with Crippen molar-refractivity contribution in [2.45, 2.75) is 43.6 Å². The molecule has 1 aromatic heterocycles. The lowest BCUT2D eigenvalue weighted by Gasteiger charge is -2.46. The molecule has 3 N–H and O–H groups in total. The number of nitrogens with one attached hydrogen (secondary N) is 3. The Morgan fingerprint density at radius 1 is 1.20 bits per heavy atom. The number of carbonyl (C=O) groups is 3. The van der Waals surface area contributed by atoms with Crippen LogP contribution in [0.1, 0.15) is 25.0 Å². The molecule has 11 heteroatoms. The molecule has 3 fully saturated rings. The number of pyridine rings is 1. The molecule has 0 aliphatic carbocycles. The van der Waals surface area contributed by atoms with Crippen LogP contribution in [-0.4, -0.2) is 64.8 Å². The molecule has 3 saturated heterocycles. The van der Waals surface area contributed by atoms with Gasteiger partial charge in [0.2, 0.25) is 11.8 Å². The summed E-state index contributed by atoms with van der Waals surface area (Å²) < 4.78 is 5.89. The van der Waals surface area contributed by atoms with E-state index in [1.54, 1.807) is 15.9 Å². The number of ether oxygens (including phenoxy) is 1. The molecule has 6 rings (SSSR count). The number of thioether (sulfide) groups is 1. The van der Waals surface area contributed by atoms with Gasteiger partial charge in [-0.25, -0.2) is 9.78 Å². The van der Waals surface area contributed by atoms with Crippen molar-refractivity contribution in [3.05, 3.63) is 71.4 Å². The molecule has 0 radical (unpaired) electrons. The summed E-state index contributed by atoms with van der Waals surface area (Å²) in [5.74, 6) is 0.748. The summed E-state index contributed by atoms with van der Waals surface area (Å²) in [6.07, 6.45) is 3.66. The third-order valence-electron chi connectivity index (χ3n) is 7.85. The lowest BCUT2D eigenvalue weighted by molar-refractivity contribution is -0.128. The topological polar surface area (TPSA) is 116 Å². The van der Waals surface area contributed by atoms with Crippen molar-refractivity contribution >= 4 is 35.3 Å². The maximum Gasteiger partial charge on any atom is 0.326 e. The van der Waals surface area contributed by atoms with E-state index in [0.717, 1.165) is 31.5 Å². The van der Waals surface area contributed by atoms with Crippen LogP contribution in [0, 0.1) is 12.8 Å². The van der Waals surface area contributed by atoms with Gasteiger partial charge in [0.05, 0.1) is 27.7 Å². The van der Waals surface area contributed by atoms with E-state index in [2.05, 4.69) is 27.5 Å². The summed E-state index contributed by atoms with van der Waals surface area (Å²) in [4.78, 5) is 47.8. The standard InChI is InChI=1S/C29H32N6O4S/c1-3-23(36)34-15-7-8-18(16-34)32-27(37)26-25-24-21(13-14-30-28(24)40-26)35(29(38)33-25)20-11-12-22(31-17(20)2)39-19-9-5-4-6-10-19/h3-6,9-12,18,21,24,28,30H,1,7-8,13-16H2,2H3,(H,32,37)(H,33,38)/t18-,21?,24?,28?/m1/s1. The predicted molar refractivity (Wildman–Crippen MR) is 153 cm³/mol. The largest absolute Gasteiger partial charge is 0.439 e. The van der Waals surface area contributed by atoms with Crippen LogP contribution in [0.25, 0.3) is 0 Å². The molecular formula is C29H32N6O4S. The molecule has 10 nitrogen and oxygen atoms in total. The minimum absolute atomic E-state index is 0.0308. The fraction of sp³-hybridized carbons (Fsp3) is 0.379. The number of aryl methyl sites for hydroxylation is 1. The summed E-state index contributed by atoms with van der Waals surface area (Å²) in [5, 5.41) is 9.66. The lowest BCUT2D eigenvalue weighted by atomic mass is 9.86. The van der Waals surface area contributed by atoms with E-state index in [4.69, 9.17) is 4.74 Å². The van der Waals surface area contributed by atoms with Gasteiger partial charge in [0.15, 0.2) is 0 Å². The Labute approximate surface area is 237 Å². The number of likely N-dealkylation sites (tertiary alicyclic amines) is 1. The van der Waals surface area contributed by atoms with E-state index >= 15 is 0 Å². The van der Waals surface area contributed by atoms with Crippen LogP contribution in [0.15, 0.2) is 65.7 Å². The lowest BCUT2D eigenvalue weighted by Crippen LogP contribution is -2.62. The molecule has 0 saturated carbocycles. The molecule has 4 atom stereocenters. The summed E-state index contributed by atoms with van der Waals surface area (Å²) in [6, 6.07) is 12.6. The Morgan fingerprint density at radius 2 is 2.02 bits per heavy atom. The number of rotatable bonds is 6. The maximum atomic E-state index is 13.6. The number of urea groups is 1. The summed E-state index contributed by atoms with van der Waals surface area (Å²) in [5.41, 5.74) is 2.08. The number of aromatic nitrogens is 1. The first-order valence-electron chi connectivity index (χ1n) is 13.6. The molecule has 4 aliphatic heterocycles. The van der Waals surface area contributed by atoms with E-state index in [1.807, 2.05) is 43.3 Å². The van der Waals surface area contributed by atoms with Crippen LogP contribution >= 0.6 is 11.8 Å². The first-order chi connectivity index (χ1) is 19.4. The average molecular weight is 561 g/mol. The highest BCUT2D eigenvalue weighted by Crippen LogP contribution is 2.48. The van der Waals surface area contributed by atoms with E-state index < -0.39 is 0 Å². The smallest absolute Gasteiger partial charge is 0.326 e. The minimum Gasteiger partial charge on any atom is -0.439 e. The summed E-state index contributed by atoms with van der Waals surface area (Å²) >= 11 is 1.47. The molecule has 1 aromatic carbocycles. The number of hydrogen-bond acceptors (Lipinski definition) is 7. The predicted octanol–water partition coefficient (Wildman–Crippen LogP) is 3.27. The van der Waals surface area contributed by atoms with Gasteiger partial charge in [-0.05, 0) is 57.0 Å². The van der Waals surface area contributed by atoms with Crippen molar-refractivity contribution in [1.82, 2.24) is 25.8 Å². The van der Waals surface area contributed by atoms with Gasteiger partial charge in [-0.2, -0.15) is 0 Å². The quantitative estimate of drug-likeness (QED) is 0.465. The van der Waals surface area contributed by atoms with Gasteiger partial charge in [-0.3, -0.25) is 14.5 Å². The zero-order valence-electron chi connectivity index (χ0n) is 22.3. The SMILES string of the molecule is C=CC(=O)N1CCC[C@@H](NC(=O)C2=C3NC(=O)N(c4ccc(Oc5ccccc5)nc4C)C4CCNC(S2)C34)C1. The van der Waals surface area contributed by atoms with Crippen molar-refractivity contribution in [2.75, 3.05) is 24.5 Å². The van der Waals surface area contributed by atoms with Crippen LogP contribution in [0.5, 0.6) is 11.6 Å². The first-order valence-corrected chi connectivity index (χ1v) is 14.5. The number of piperidine rings is 2. The van der Waals surface area contributed by atoms with Crippen molar-refractivity contribution < 1.29 is 19.1 Å². The number of hydrogen-bond donors (Lipinski definition) is 3. The molecule has 2 aromatic rings. The van der Waals surface area contributed by atoms with Crippen LogP contribution in [0.2, 0.25) is 0 Å². The molecule has 5 heterocycles. The summed E-state index contributed by atoms with van der Waals surface area (Å²) in [6.45, 7) is 7.29. The van der Waals surface area contributed by atoms with Crippen molar-refractivity contribution in [3.63, 3.8) is 0 Å². The molecule has 4 amide bonds.